The molecule has 0 heterocycles. The van der Waals surface area contributed by atoms with E-state index in [0.29, 0.717) is 0 Å². The molecule has 1 N–H and O–H groups in total. The highest BCUT2D eigenvalue weighted by Crippen LogP contribution is 2.10. The van der Waals surface area contributed by atoms with Crippen molar-refractivity contribution in [3.63, 3.8) is 0 Å². The van der Waals surface area contributed by atoms with Crippen LogP contribution in [0, 0.1) is 0 Å². The SMILES string of the molecule is C=C/C(CNC)=C(\C=C/C)CC.CC. The van der Waals surface area contributed by atoms with Crippen molar-refractivity contribution in [1.82, 2.24) is 5.32 Å². The molecule has 0 unspecified atom stereocenters. The van der Waals surface area contributed by atoms with Gasteiger partial charge in [0.1, 0.15) is 0 Å². The van der Waals surface area contributed by atoms with Crippen LogP contribution in [0.1, 0.15) is 34.1 Å². The molecule has 0 aliphatic carbocycles. The molecule has 0 atom stereocenters. The standard InChI is InChI=1S/C11H19N.C2H6/c1-5-8-10(6-2)11(7-3)9-12-4;1-2/h5,7-8,12H,3,6,9H2,1-2,4H3;1-2H3/b8-5-,11-10+;. The minimum Gasteiger partial charge on any atom is -0.316 e. The third kappa shape index (κ3) is 6.67. The molecule has 0 aliphatic rings. The summed E-state index contributed by atoms with van der Waals surface area (Å²) in [6.07, 6.45) is 7.20. The molecule has 0 bridgehead atoms. The summed E-state index contributed by atoms with van der Waals surface area (Å²) in [5, 5.41) is 3.13. The third-order valence-corrected chi connectivity index (χ3v) is 1.77. The zero-order valence-electron chi connectivity index (χ0n) is 10.4. The van der Waals surface area contributed by atoms with Crippen LogP contribution in [0.2, 0.25) is 0 Å². The van der Waals surface area contributed by atoms with Gasteiger partial charge in [-0.3, -0.25) is 0 Å². The molecule has 1 nitrogen and oxygen atoms in total. The van der Waals surface area contributed by atoms with Crippen LogP contribution in [0.25, 0.3) is 0 Å². The van der Waals surface area contributed by atoms with Crippen LogP contribution in [-0.4, -0.2) is 13.6 Å². The van der Waals surface area contributed by atoms with Crippen molar-refractivity contribution in [3.05, 3.63) is 36.0 Å². The smallest absolute Gasteiger partial charge is 0.0205 e. The number of allylic oxidation sites excluding steroid dienone is 3. The summed E-state index contributed by atoms with van der Waals surface area (Å²) < 4.78 is 0. The van der Waals surface area contributed by atoms with Gasteiger partial charge in [-0.1, -0.05) is 45.6 Å². The number of rotatable bonds is 5. The topological polar surface area (TPSA) is 12.0 Å². The molecule has 82 valence electrons. The second-order valence-electron chi connectivity index (χ2n) is 2.64. The highest BCUT2D eigenvalue weighted by atomic mass is 14.8. The van der Waals surface area contributed by atoms with Gasteiger partial charge < -0.3 is 5.32 Å². The van der Waals surface area contributed by atoms with Crippen LogP contribution >= 0.6 is 0 Å². The Morgan fingerprint density at radius 2 is 1.86 bits per heavy atom. The van der Waals surface area contributed by atoms with Gasteiger partial charge in [0.25, 0.3) is 0 Å². The lowest BCUT2D eigenvalue weighted by atomic mass is 10.1. The van der Waals surface area contributed by atoms with E-state index < -0.39 is 0 Å². The van der Waals surface area contributed by atoms with Crippen molar-refractivity contribution in [3.8, 4) is 0 Å². The van der Waals surface area contributed by atoms with Crippen LogP contribution < -0.4 is 5.32 Å². The minimum absolute atomic E-state index is 0.900. The first-order valence-electron chi connectivity index (χ1n) is 5.41. The van der Waals surface area contributed by atoms with Crippen molar-refractivity contribution < 1.29 is 0 Å². The van der Waals surface area contributed by atoms with Gasteiger partial charge in [0.05, 0.1) is 0 Å². The molecule has 0 aliphatic heterocycles. The quantitative estimate of drug-likeness (QED) is 0.660. The van der Waals surface area contributed by atoms with Gasteiger partial charge in [-0.25, -0.2) is 0 Å². The van der Waals surface area contributed by atoms with Crippen LogP contribution in [0.3, 0.4) is 0 Å². The zero-order chi connectivity index (χ0) is 11.4. The molecular formula is C13H25N. The lowest BCUT2D eigenvalue weighted by Gasteiger charge is -2.06. The Hall–Kier alpha value is -0.820. The van der Waals surface area contributed by atoms with Crippen LogP contribution in [0.15, 0.2) is 36.0 Å². The Balaban J connectivity index is 0. The van der Waals surface area contributed by atoms with Gasteiger partial charge in [-0.2, -0.15) is 0 Å². The monoisotopic (exact) mass is 195 g/mol. The molecular weight excluding hydrogens is 170 g/mol. The molecule has 0 rings (SSSR count). The summed E-state index contributed by atoms with van der Waals surface area (Å²) in [6.45, 7) is 12.9. The molecule has 0 fully saturated rings. The van der Waals surface area contributed by atoms with E-state index in [1.165, 1.54) is 11.1 Å². The molecule has 0 spiro atoms. The molecule has 1 heteroatoms. The van der Waals surface area contributed by atoms with E-state index in [1.807, 2.05) is 33.9 Å². The van der Waals surface area contributed by atoms with E-state index in [2.05, 4.69) is 31.0 Å². The third-order valence-electron chi connectivity index (χ3n) is 1.77. The Bertz CT molecular complexity index is 187. The van der Waals surface area contributed by atoms with Crippen LogP contribution in [-0.2, 0) is 0 Å². The average Bonchev–Trinajstić information content (AvgIpc) is 2.26. The van der Waals surface area contributed by atoms with Gasteiger partial charge in [-0.05, 0) is 31.5 Å². The molecule has 0 aromatic heterocycles. The van der Waals surface area contributed by atoms with Crippen molar-refractivity contribution in [2.45, 2.75) is 34.1 Å². The molecule has 0 amide bonds. The minimum atomic E-state index is 0.900. The molecule has 0 saturated heterocycles. The maximum absolute atomic E-state index is 3.80. The number of nitrogens with one attached hydrogen (secondary N) is 1. The number of likely N-dealkylation sites (N-methyl/N-ethyl adjacent to an activating group) is 1. The van der Waals surface area contributed by atoms with E-state index in [9.17, 15) is 0 Å². The maximum atomic E-state index is 3.80. The largest absolute Gasteiger partial charge is 0.316 e. The molecule has 0 aromatic carbocycles. The van der Waals surface area contributed by atoms with E-state index >= 15 is 0 Å². The summed E-state index contributed by atoms with van der Waals surface area (Å²) in [5.41, 5.74) is 2.65. The lowest BCUT2D eigenvalue weighted by Crippen LogP contribution is -2.10. The van der Waals surface area contributed by atoms with Crippen LogP contribution in [0.4, 0.5) is 0 Å². The normalized spacial score (nSPS) is 11.8. The lowest BCUT2D eigenvalue weighted by molar-refractivity contribution is 0.882. The summed E-state index contributed by atoms with van der Waals surface area (Å²) in [4.78, 5) is 0. The Morgan fingerprint density at radius 3 is 2.14 bits per heavy atom. The fourth-order valence-electron chi connectivity index (χ4n) is 1.16. The van der Waals surface area contributed by atoms with Gasteiger partial charge in [0.2, 0.25) is 0 Å². The van der Waals surface area contributed by atoms with Gasteiger partial charge >= 0.3 is 0 Å². The van der Waals surface area contributed by atoms with E-state index in [4.69, 9.17) is 0 Å². The van der Waals surface area contributed by atoms with Crippen LogP contribution in [0.5, 0.6) is 0 Å². The van der Waals surface area contributed by atoms with Gasteiger partial charge in [-0.15, -0.1) is 0 Å². The van der Waals surface area contributed by atoms with E-state index in [1.54, 1.807) is 0 Å². The average molecular weight is 195 g/mol. The predicted molar refractivity (Wildman–Crippen MR) is 67.6 cm³/mol. The Labute approximate surface area is 89.6 Å². The second kappa shape index (κ2) is 12.2. The first kappa shape index (κ1) is 15.6. The van der Waals surface area contributed by atoms with Gasteiger partial charge in [0, 0.05) is 6.54 Å². The van der Waals surface area contributed by atoms with Gasteiger partial charge in [0.15, 0.2) is 0 Å². The summed E-state index contributed by atoms with van der Waals surface area (Å²) in [5.74, 6) is 0. The fourth-order valence-corrected chi connectivity index (χ4v) is 1.16. The van der Waals surface area contributed by atoms with Crippen molar-refractivity contribution in [2.24, 2.45) is 0 Å². The second-order valence-corrected chi connectivity index (χ2v) is 2.64. The first-order valence-corrected chi connectivity index (χ1v) is 5.41. The Morgan fingerprint density at radius 1 is 1.29 bits per heavy atom. The summed E-state index contributed by atoms with van der Waals surface area (Å²) in [7, 11) is 1.95. The first-order chi connectivity index (χ1) is 6.79. The highest BCUT2D eigenvalue weighted by Gasteiger charge is 1.96. The molecule has 14 heavy (non-hydrogen) atoms. The number of hydrogen-bond acceptors (Lipinski definition) is 1. The summed E-state index contributed by atoms with van der Waals surface area (Å²) >= 11 is 0. The molecule has 0 saturated carbocycles. The fraction of sp³-hybridized carbons (Fsp3) is 0.538. The van der Waals surface area contributed by atoms with E-state index in [0.717, 1.165) is 13.0 Å². The predicted octanol–water partition coefficient (Wildman–Crippen LogP) is 3.70. The number of hydrogen-bond donors (Lipinski definition) is 1. The Kier molecular flexibility index (Phi) is 13.6. The maximum Gasteiger partial charge on any atom is 0.0205 e. The van der Waals surface area contributed by atoms with E-state index in [-0.39, 0.29) is 0 Å². The molecule has 0 aromatic rings. The molecule has 0 radical (unpaired) electrons. The van der Waals surface area contributed by atoms with Crippen molar-refractivity contribution in [1.29, 1.82) is 0 Å². The zero-order valence-corrected chi connectivity index (χ0v) is 10.4. The van der Waals surface area contributed by atoms with Crippen molar-refractivity contribution in [2.75, 3.05) is 13.6 Å². The summed E-state index contributed by atoms with van der Waals surface area (Å²) in [6, 6.07) is 0. The highest BCUT2D eigenvalue weighted by molar-refractivity contribution is 5.32. The van der Waals surface area contributed by atoms with Crippen molar-refractivity contribution >= 4 is 0 Å².